The molecule has 0 spiro atoms. The molecular formula is C19H22FN3O2. The molecule has 0 saturated carbocycles. The number of hydrogen-bond acceptors (Lipinski definition) is 3. The third-order valence-electron chi connectivity index (χ3n) is 3.94. The van der Waals surface area contributed by atoms with Gasteiger partial charge < -0.3 is 15.5 Å². The van der Waals surface area contributed by atoms with Crippen LogP contribution < -0.4 is 15.5 Å². The summed E-state index contributed by atoms with van der Waals surface area (Å²) in [6.45, 7) is 3.92. The molecule has 132 valence electrons. The van der Waals surface area contributed by atoms with E-state index in [1.54, 1.807) is 13.0 Å². The highest BCUT2D eigenvalue weighted by Crippen LogP contribution is 2.18. The van der Waals surface area contributed by atoms with Crippen molar-refractivity contribution in [2.75, 3.05) is 24.3 Å². The first kappa shape index (κ1) is 18.4. The van der Waals surface area contributed by atoms with Crippen LogP contribution in [0.25, 0.3) is 0 Å². The van der Waals surface area contributed by atoms with Crippen molar-refractivity contribution >= 4 is 23.2 Å². The van der Waals surface area contributed by atoms with Gasteiger partial charge in [-0.15, -0.1) is 0 Å². The molecule has 6 heteroatoms. The number of hydrogen-bond donors (Lipinski definition) is 2. The van der Waals surface area contributed by atoms with Crippen molar-refractivity contribution in [3.8, 4) is 0 Å². The predicted octanol–water partition coefficient (Wildman–Crippen LogP) is 2.76. The lowest BCUT2D eigenvalue weighted by Crippen LogP contribution is -2.35. The van der Waals surface area contributed by atoms with E-state index in [0.717, 1.165) is 16.8 Å². The minimum Gasteiger partial charge on any atom is -0.378 e. The lowest BCUT2D eigenvalue weighted by atomic mass is 10.1. The molecule has 5 nitrogen and oxygen atoms in total. The number of halogens is 1. The quantitative estimate of drug-likeness (QED) is 0.839. The van der Waals surface area contributed by atoms with Crippen LogP contribution in [0.4, 0.5) is 15.8 Å². The smallest absolute Gasteiger partial charge is 0.313 e. The van der Waals surface area contributed by atoms with Crippen molar-refractivity contribution < 1.29 is 14.0 Å². The molecule has 2 rings (SSSR count). The zero-order valence-electron chi connectivity index (χ0n) is 14.8. The van der Waals surface area contributed by atoms with Crippen molar-refractivity contribution in [2.45, 2.75) is 20.4 Å². The van der Waals surface area contributed by atoms with Crippen LogP contribution in [0.3, 0.4) is 0 Å². The first-order valence-corrected chi connectivity index (χ1v) is 7.90. The Morgan fingerprint density at radius 2 is 1.72 bits per heavy atom. The fourth-order valence-corrected chi connectivity index (χ4v) is 2.32. The Balaban J connectivity index is 1.98. The largest absolute Gasteiger partial charge is 0.378 e. The van der Waals surface area contributed by atoms with Gasteiger partial charge in [-0.3, -0.25) is 9.59 Å². The van der Waals surface area contributed by atoms with E-state index >= 15 is 0 Å². The maximum Gasteiger partial charge on any atom is 0.313 e. The summed E-state index contributed by atoms with van der Waals surface area (Å²) in [4.78, 5) is 25.9. The number of benzene rings is 2. The van der Waals surface area contributed by atoms with Gasteiger partial charge in [-0.05, 0) is 54.8 Å². The summed E-state index contributed by atoms with van der Waals surface area (Å²) in [6.07, 6.45) is 0. The summed E-state index contributed by atoms with van der Waals surface area (Å²) < 4.78 is 13.2. The van der Waals surface area contributed by atoms with Gasteiger partial charge in [-0.1, -0.05) is 12.1 Å². The number of nitrogens with one attached hydrogen (secondary N) is 2. The predicted molar refractivity (Wildman–Crippen MR) is 97.1 cm³/mol. The van der Waals surface area contributed by atoms with Gasteiger partial charge in [0.1, 0.15) is 5.82 Å². The lowest BCUT2D eigenvalue weighted by molar-refractivity contribution is -0.136. The second kappa shape index (κ2) is 7.79. The second-order valence-electron chi connectivity index (χ2n) is 6.10. The van der Waals surface area contributed by atoms with E-state index in [0.29, 0.717) is 5.56 Å². The molecule has 0 aliphatic carbocycles. The third-order valence-corrected chi connectivity index (χ3v) is 3.94. The molecule has 0 aliphatic heterocycles. The third kappa shape index (κ3) is 4.79. The fraction of sp³-hybridized carbons (Fsp3) is 0.263. The van der Waals surface area contributed by atoms with E-state index in [4.69, 9.17) is 0 Å². The summed E-state index contributed by atoms with van der Waals surface area (Å²) in [5.41, 5.74) is 3.97. The molecule has 25 heavy (non-hydrogen) atoms. The van der Waals surface area contributed by atoms with Gasteiger partial charge in [0.15, 0.2) is 0 Å². The second-order valence-corrected chi connectivity index (χ2v) is 6.10. The van der Waals surface area contributed by atoms with Gasteiger partial charge in [0, 0.05) is 32.0 Å². The molecular weight excluding hydrogens is 321 g/mol. The highest BCUT2D eigenvalue weighted by atomic mass is 19.1. The number of carbonyl (C=O) groups is 2. The average Bonchev–Trinajstić information content (AvgIpc) is 2.56. The Hall–Kier alpha value is -2.89. The molecule has 0 heterocycles. The van der Waals surface area contributed by atoms with Crippen LogP contribution in [-0.2, 0) is 16.1 Å². The van der Waals surface area contributed by atoms with Gasteiger partial charge in [-0.2, -0.15) is 0 Å². The highest BCUT2D eigenvalue weighted by Gasteiger charge is 2.15. The number of nitrogens with zero attached hydrogens (tertiary/aromatic N) is 1. The van der Waals surface area contributed by atoms with Gasteiger partial charge in [0.2, 0.25) is 0 Å². The van der Waals surface area contributed by atoms with E-state index in [1.165, 1.54) is 12.1 Å². The van der Waals surface area contributed by atoms with Crippen LogP contribution in [0, 0.1) is 19.7 Å². The fourth-order valence-electron chi connectivity index (χ4n) is 2.32. The Kier molecular flexibility index (Phi) is 5.75. The molecule has 0 unspecified atom stereocenters. The SMILES string of the molecule is Cc1cc(N(C)C)ccc1CNC(=O)C(=O)Nc1cc(F)ccc1C. The van der Waals surface area contributed by atoms with Gasteiger partial charge in [-0.25, -0.2) is 4.39 Å². The first-order chi connectivity index (χ1) is 11.8. The summed E-state index contributed by atoms with van der Waals surface area (Å²) >= 11 is 0. The molecule has 0 aliphatic rings. The summed E-state index contributed by atoms with van der Waals surface area (Å²) in [5.74, 6) is -2.06. The molecule has 0 fully saturated rings. The average molecular weight is 343 g/mol. The van der Waals surface area contributed by atoms with Gasteiger partial charge >= 0.3 is 11.8 Å². The lowest BCUT2D eigenvalue weighted by Gasteiger charge is -2.15. The van der Waals surface area contributed by atoms with Crippen LogP contribution in [0.15, 0.2) is 36.4 Å². The maximum atomic E-state index is 13.2. The number of rotatable bonds is 4. The van der Waals surface area contributed by atoms with Crippen LogP contribution in [-0.4, -0.2) is 25.9 Å². The Labute approximate surface area is 146 Å². The van der Waals surface area contributed by atoms with Crippen molar-refractivity contribution in [3.63, 3.8) is 0 Å². The standard InChI is InChI=1S/C19H22FN3O2/c1-12-5-7-15(20)10-17(12)22-19(25)18(24)21-11-14-6-8-16(23(3)4)9-13(14)2/h5-10H,11H2,1-4H3,(H,21,24)(H,22,25). The normalized spacial score (nSPS) is 10.3. The van der Waals surface area contributed by atoms with Crippen molar-refractivity contribution in [2.24, 2.45) is 0 Å². The molecule has 2 N–H and O–H groups in total. The zero-order valence-corrected chi connectivity index (χ0v) is 14.8. The number of carbonyl (C=O) groups excluding carboxylic acids is 2. The molecule has 0 aromatic heterocycles. The Morgan fingerprint density at radius 1 is 1.00 bits per heavy atom. The molecule has 0 bridgehead atoms. The summed E-state index contributed by atoms with van der Waals surface area (Å²) in [6, 6.07) is 9.90. The first-order valence-electron chi connectivity index (χ1n) is 7.90. The van der Waals surface area contributed by atoms with Crippen molar-refractivity contribution in [3.05, 3.63) is 58.9 Å². The summed E-state index contributed by atoms with van der Waals surface area (Å²) in [5, 5.41) is 5.01. The van der Waals surface area contributed by atoms with E-state index in [-0.39, 0.29) is 12.2 Å². The molecule has 2 aromatic rings. The van der Waals surface area contributed by atoms with Crippen LogP contribution in [0.5, 0.6) is 0 Å². The van der Waals surface area contributed by atoms with E-state index in [1.807, 2.05) is 44.1 Å². The number of amides is 2. The Morgan fingerprint density at radius 3 is 2.36 bits per heavy atom. The molecule has 0 radical (unpaired) electrons. The van der Waals surface area contributed by atoms with E-state index in [2.05, 4.69) is 10.6 Å². The topological polar surface area (TPSA) is 61.4 Å². The number of anilines is 2. The summed E-state index contributed by atoms with van der Waals surface area (Å²) in [7, 11) is 3.91. The maximum absolute atomic E-state index is 13.2. The van der Waals surface area contributed by atoms with Crippen molar-refractivity contribution in [1.29, 1.82) is 0 Å². The van der Waals surface area contributed by atoms with Crippen LogP contribution in [0.1, 0.15) is 16.7 Å². The molecule has 0 atom stereocenters. The zero-order chi connectivity index (χ0) is 18.6. The van der Waals surface area contributed by atoms with Crippen molar-refractivity contribution in [1.82, 2.24) is 5.32 Å². The van der Waals surface area contributed by atoms with E-state index in [9.17, 15) is 14.0 Å². The highest BCUT2D eigenvalue weighted by molar-refractivity contribution is 6.39. The van der Waals surface area contributed by atoms with Crippen LogP contribution in [0.2, 0.25) is 0 Å². The number of aryl methyl sites for hydroxylation is 2. The molecule has 2 amide bonds. The van der Waals surface area contributed by atoms with Crippen LogP contribution >= 0.6 is 0 Å². The van der Waals surface area contributed by atoms with Gasteiger partial charge in [0.05, 0.1) is 0 Å². The Bertz CT molecular complexity index is 803. The minimum absolute atomic E-state index is 0.244. The monoisotopic (exact) mass is 343 g/mol. The molecule has 2 aromatic carbocycles. The van der Waals surface area contributed by atoms with E-state index < -0.39 is 17.6 Å². The minimum atomic E-state index is -0.823. The molecule has 0 saturated heterocycles. The van der Waals surface area contributed by atoms with Gasteiger partial charge in [0.25, 0.3) is 0 Å².